The van der Waals surface area contributed by atoms with Crippen LogP contribution in [0.3, 0.4) is 0 Å². The molecule has 10 aromatic carbocycles. The van der Waals surface area contributed by atoms with Crippen LogP contribution in [0.15, 0.2) is 205 Å². The Kier molecular flexibility index (Phi) is 8.18. The van der Waals surface area contributed by atoms with Gasteiger partial charge >= 0.3 is 0 Å². The molecule has 2 nitrogen and oxygen atoms in total. The number of benzene rings is 10. The SMILES string of the molecule is CC1(C)c2ccccc2-c2ccc(N(c3ccc4c(c3)C(C)(C)c3cc(-c5ccc6ccccc6c5)ccc3-4)c3ccc4c(c3)C(C)(C)c3cc(-c5ccc6c(c5)oc5ccccc56)ccc3-4)cc21. The molecule has 1 aromatic heterocycles. The van der Waals surface area contributed by atoms with E-state index in [1.165, 1.54) is 94.2 Å². The van der Waals surface area contributed by atoms with Crippen LogP contribution in [0.1, 0.15) is 74.9 Å². The van der Waals surface area contributed by atoms with Crippen LogP contribution in [0.4, 0.5) is 17.1 Å². The largest absolute Gasteiger partial charge is 0.456 e. The molecule has 0 bridgehead atoms. The zero-order valence-corrected chi connectivity index (χ0v) is 39.9. The standard InChI is InChI=1S/C67H51NO/c1-65(2)57-17-11-9-15-49(57)52-30-24-46(37-60(52)65)68(47-25-31-53-50-27-21-43(34-58(50)66(3,4)61(53)38-47)42-20-19-40-13-7-8-14-41(40)33-42)48-26-32-54-51-28-22-44(35-59(51)67(5,6)62(54)39-48)45-23-29-56-55-16-10-12-18-63(55)69-64(56)36-45/h7-39H,1-6H3. The minimum absolute atomic E-state index is 0.133. The summed E-state index contributed by atoms with van der Waals surface area (Å²) in [5, 5.41) is 4.84. The van der Waals surface area contributed by atoms with Crippen LogP contribution in [0.25, 0.3) is 88.3 Å². The molecule has 0 unspecified atom stereocenters. The topological polar surface area (TPSA) is 16.4 Å². The lowest BCUT2D eigenvalue weighted by Crippen LogP contribution is -2.19. The van der Waals surface area contributed by atoms with Crippen LogP contribution >= 0.6 is 0 Å². The first kappa shape index (κ1) is 40.2. The summed E-state index contributed by atoms with van der Waals surface area (Å²) in [7, 11) is 0. The lowest BCUT2D eigenvalue weighted by Gasteiger charge is -2.31. The highest BCUT2D eigenvalue weighted by molar-refractivity contribution is 6.06. The number of hydrogen-bond acceptors (Lipinski definition) is 2. The van der Waals surface area contributed by atoms with Gasteiger partial charge in [0.2, 0.25) is 0 Å². The van der Waals surface area contributed by atoms with E-state index < -0.39 is 0 Å². The van der Waals surface area contributed by atoms with Gasteiger partial charge < -0.3 is 9.32 Å². The van der Waals surface area contributed by atoms with Gasteiger partial charge in [0, 0.05) is 44.1 Å². The van der Waals surface area contributed by atoms with Gasteiger partial charge in [-0.1, -0.05) is 169 Å². The van der Waals surface area contributed by atoms with Gasteiger partial charge in [-0.3, -0.25) is 0 Å². The number of nitrogens with zero attached hydrogens (tertiary/aromatic N) is 1. The molecule has 11 aromatic rings. The molecule has 1 heterocycles. The third kappa shape index (κ3) is 5.72. The van der Waals surface area contributed by atoms with E-state index in [1.54, 1.807) is 0 Å². The van der Waals surface area contributed by atoms with E-state index in [1.807, 2.05) is 6.07 Å². The number of furan rings is 1. The van der Waals surface area contributed by atoms with Crippen LogP contribution in [-0.2, 0) is 16.2 Å². The fraction of sp³-hybridized carbons (Fsp3) is 0.134. The minimum atomic E-state index is -0.238. The number of anilines is 3. The number of rotatable bonds is 5. The van der Waals surface area contributed by atoms with E-state index in [-0.39, 0.29) is 16.2 Å². The highest BCUT2D eigenvalue weighted by Crippen LogP contribution is 2.56. The van der Waals surface area contributed by atoms with Gasteiger partial charge in [-0.15, -0.1) is 0 Å². The highest BCUT2D eigenvalue weighted by Gasteiger charge is 2.40. The van der Waals surface area contributed by atoms with E-state index in [2.05, 4.69) is 241 Å². The zero-order valence-electron chi connectivity index (χ0n) is 39.9. The first-order chi connectivity index (χ1) is 33.4. The maximum absolute atomic E-state index is 6.34. The molecule has 3 aliphatic rings. The van der Waals surface area contributed by atoms with Crippen molar-refractivity contribution in [2.75, 3.05) is 4.90 Å². The highest BCUT2D eigenvalue weighted by atomic mass is 16.3. The Morgan fingerprint density at radius 1 is 0.290 bits per heavy atom. The van der Waals surface area contributed by atoms with E-state index >= 15 is 0 Å². The molecular weight excluding hydrogens is 835 g/mol. The molecule has 14 rings (SSSR count). The maximum Gasteiger partial charge on any atom is 0.136 e. The van der Waals surface area contributed by atoms with E-state index in [9.17, 15) is 0 Å². The van der Waals surface area contributed by atoms with Crippen LogP contribution in [0, 0.1) is 0 Å². The van der Waals surface area contributed by atoms with Crippen molar-refractivity contribution in [1.82, 2.24) is 0 Å². The fourth-order valence-electron chi connectivity index (χ4n) is 12.6. The molecule has 0 spiro atoms. The third-order valence-corrected chi connectivity index (χ3v) is 16.5. The molecule has 330 valence electrons. The average Bonchev–Trinajstić information content (AvgIpc) is 4.01. The van der Waals surface area contributed by atoms with Crippen LogP contribution in [-0.4, -0.2) is 0 Å². The van der Waals surface area contributed by atoms with E-state index in [0.717, 1.165) is 44.6 Å². The Bertz CT molecular complexity index is 4010. The number of fused-ring (bicyclic) bond motifs is 13. The van der Waals surface area contributed by atoms with Crippen LogP contribution < -0.4 is 4.90 Å². The predicted octanol–water partition coefficient (Wildman–Crippen LogP) is 18.5. The minimum Gasteiger partial charge on any atom is -0.456 e. The van der Waals surface area contributed by atoms with Crippen LogP contribution in [0.2, 0.25) is 0 Å². The lowest BCUT2D eigenvalue weighted by molar-refractivity contribution is 0.659. The van der Waals surface area contributed by atoms with Gasteiger partial charge in [0.05, 0.1) is 0 Å². The van der Waals surface area contributed by atoms with E-state index in [0.29, 0.717) is 0 Å². The summed E-state index contributed by atoms with van der Waals surface area (Å²) in [6.07, 6.45) is 0. The van der Waals surface area contributed by atoms with Gasteiger partial charge in [0.15, 0.2) is 0 Å². The molecule has 0 amide bonds. The molecule has 3 aliphatic carbocycles. The summed E-state index contributed by atoms with van der Waals surface area (Å²) < 4.78 is 6.34. The van der Waals surface area contributed by atoms with Gasteiger partial charge in [0.1, 0.15) is 11.2 Å². The van der Waals surface area contributed by atoms with Gasteiger partial charge in [-0.25, -0.2) is 0 Å². The van der Waals surface area contributed by atoms with Crippen LogP contribution in [0.5, 0.6) is 0 Å². The Balaban J connectivity index is 0.883. The predicted molar refractivity (Wildman–Crippen MR) is 289 cm³/mol. The molecule has 0 radical (unpaired) electrons. The third-order valence-electron chi connectivity index (χ3n) is 16.5. The Labute approximate surface area is 404 Å². The van der Waals surface area contributed by atoms with E-state index in [4.69, 9.17) is 4.42 Å². The second-order valence-corrected chi connectivity index (χ2v) is 21.3. The van der Waals surface area contributed by atoms with Crippen molar-refractivity contribution in [3.05, 3.63) is 234 Å². The Morgan fingerprint density at radius 3 is 1.30 bits per heavy atom. The molecule has 0 N–H and O–H groups in total. The summed E-state index contributed by atoms with van der Waals surface area (Å²) in [4.78, 5) is 2.52. The summed E-state index contributed by atoms with van der Waals surface area (Å²) >= 11 is 0. The molecule has 0 atom stereocenters. The molecule has 0 aliphatic heterocycles. The van der Waals surface area contributed by atoms with Crippen molar-refractivity contribution in [2.24, 2.45) is 0 Å². The van der Waals surface area contributed by atoms with Gasteiger partial charge in [0.25, 0.3) is 0 Å². The van der Waals surface area contributed by atoms with Crippen molar-refractivity contribution in [1.29, 1.82) is 0 Å². The fourth-order valence-corrected chi connectivity index (χ4v) is 12.6. The summed E-state index contributed by atoms with van der Waals surface area (Å²) in [5.74, 6) is 0. The van der Waals surface area contributed by atoms with Crippen molar-refractivity contribution in [3.63, 3.8) is 0 Å². The maximum atomic E-state index is 6.34. The second kappa shape index (κ2) is 14.1. The van der Waals surface area contributed by atoms with Gasteiger partial charge in [-0.05, 0) is 173 Å². The first-order valence-electron chi connectivity index (χ1n) is 24.5. The van der Waals surface area contributed by atoms with Crippen molar-refractivity contribution in [2.45, 2.75) is 57.8 Å². The molecule has 0 saturated heterocycles. The molecule has 69 heavy (non-hydrogen) atoms. The molecule has 0 saturated carbocycles. The first-order valence-corrected chi connectivity index (χ1v) is 24.5. The smallest absolute Gasteiger partial charge is 0.136 e. The molecule has 0 fully saturated rings. The van der Waals surface area contributed by atoms with Crippen molar-refractivity contribution < 1.29 is 4.42 Å². The normalized spacial score (nSPS) is 15.2. The molecular formula is C67H51NO. The summed E-state index contributed by atoms with van der Waals surface area (Å²) in [5.41, 5.74) is 25.7. The number of para-hydroxylation sites is 1. The van der Waals surface area contributed by atoms with Gasteiger partial charge in [-0.2, -0.15) is 0 Å². The lowest BCUT2D eigenvalue weighted by atomic mass is 9.81. The zero-order chi connectivity index (χ0) is 46.6. The van der Waals surface area contributed by atoms with Crippen molar-refractivity contribution in [3.8, 4) is 55.6 Å². The van der Waals surface area contributed by atoms with Crippen molar-refractivity contribution >= 4 is 49.8 Å². The second-order valence-electron chi connectivity index (χ2n) is 21.3. The quantitative estimate of drug-likeness (QED) is 0.171. The Morgan fingerprint density at radius 2 is 0.696 bits per heavy atom. The average molecular weight is 886 g/mol. The monoisotopic (exact) mass is 885 g/mol. The summed E-state index contributed by atoms with van der Waals surface area (Å²) in [6, 6.07) is 75.2. The summed E-state index contributed by atoms with van der Waals surface area (Å²) in [6.45, 7) is 14.4. The molecule has 2 heteroatoms. The Hall–Kier alpha value is -7.94. The number of hydrogen-bond donors (Lipinski definition) is 0.